The number of halogens is 4. The van der Waals surface area contributed by atoms with E-state index >= 15 is 0 Å². The van der Waals surface area contributed by atoms with Crippen LogP contribution in [0.3, 0.4) is 0 Å². The number of hydrogen-bond acceptors (Lipinski definition) is 5. The average Bonchev–Trinajstić information content (AvgIpc) is 3.38. The number of rotatable bonds is 7. The first-order valence-electron chi connectivity index (χ1n) is 12.0. The monoisotopic (exact) mass is 572 g/mol. The third-order valence-electron chi connectivity index (χ3n) is 5.60. The number of amides is 2. The zero-order valence-electron chi connectivity index (χ0n) is 21.3. The highest BCUT2D eigenvalue weighted by molar-refractivity contribution is 7.80. The highest BCUT2D eigenvalue weighted by Crippen LogP contribution is 2.26. The van der Waals surface area contributed by atoms with Crippen molar-refractivity contribution in [3.8, 4) is 22.8 Å². The Morgan fingerprint density at radius 1 is 1.05 bits per heavy atom. The molecule has 1 heterocycles. The Morgan fingerprint density at radius 3 is 2.40 bits per heavy atom. The number of nitrogens with zero attached hydrogens (tertiary/aromatic N) is 3. The zero-order chi connectivity index (χ0) is 28.9. The third kappa shape index (κ3) is 7.76. The smallest absolute Gasteiger partial charge is 0.406 e. The summed E-state index contributed by atoms with van der Waals surface area (Å²) in [7, 11) is 0. The van der Waals surface area contributed by atoms with E-state index in [-0.39, 0.29) is 29.1 Å². The molecule has 2 amide bonds. The van der Waals surface area contributed by atoms with Crippen LogP contribution in [0.1, 0.15) is 30.9 Å². The fraction of sp³-hybridized carbons (Fsp3) is 0.185. The Balaban J connectivity index is 1.29. The zero-order valence-corrected chi connectivity index (χ0v) is 22.1. The summed E-state index contributed by atoms with van der Waals surface area (Å²) in [6, 6.07) is 16.2. The van der Waals surface area contributed by atoms with Crippen molar-refractivity contribution >= 4 is 29.0 Å². The van der Waals surface area contributed by atoms with Gasteiger partial charge < -0.3 is 15.4 Å². The minimum Gasteiger partial charge on any atom is -0.406 e. The number of anilines is 1. The molecule has 208 valence electrons. The fourth-order valence-corrected chi connectivity index (χ4v) is 3.90. The standard InChI is InChI=1S/C27H24F4N6O2S/c1-16(2)22-13-19(28)7-12-23(22)34-26(40)35-25(38)32-14-17-3-5-18(6-4-17)24-33-15-37(36-24)20-8-10-21(11-9-20)39-27(29,30)31/h3-13,15-16H,14H2,1-2H3,(H3,32,34,35,38,40). The summed E-state index contributed by atoms with van der Waals surface area (Å²) in [5, 5.41) is 12.6. The van der Waals surface area contributed by atoms with Crippen molar-refractivity contribution in [2.75, 3.05) is 5.32 Å². The summed E-state index contributed by atoms with van der Waals surface area (Å²) in [4.78, 5) is 16.6. The van der Waals surface area contributed by atoms with Crippen molar-refractivity contribution in [2.24, 2.45) is 0 Å². The molecule has 1 aromatic heterocycles. The second kappa shape index (κ2) is 12.1. The van der Waals surface area contributed by atoms with Crippen LogP contribution in [-0.2, 0) is 6.54 Å². The summed E-state index contributed by atoms with van der Waals surface area (Å²) in [5.41, 5.74) is 3.36. The maximum Gasteiger partial charge on any atom is 0.573 e. The van der Waals surface area contributed by atoms with Gasteiger partial charge in [0.25, 0.3) is 0 Å². The maximum atomic E-state index is 13.6. The summed E-state index contributed by atoms with van der Waals surface area (Å²) < 4.78 is 55.9. The van der Waals surface area contributed by atoms with Crippen molar-refractivity contribution < 1.29 is 27.1 Å². The van der Waals surface area contributed by atoms with E-state index in [1.54, 1.807) is 30.3 Å². The number of carbonyl (C=O) groups is 1. The first kappa shape index (κ1) is 28.5. The van der Waals surface area contributed by atoms with Gasteiger partial charge in [-0.3, -0.25) is 5.32 Å². The van der Waals surface area contributed by atoms with Crippen molar-refractivity contribution in [3.05, 3.63) is 90.0 Å². The molecular weight excluding hydrogens is 548 g/mol. The molecule has 0 saturated heterocycles. The Bertz CT molecular complexity index is 1490. The fourth-order valence-electron chi connectivity index (χ4n) is 3.70. The number of ether oxygens (including phenoxy) is 1. The molecule has 8 nitrogen and oxygen atoms in total. The van der Waals surface area contributed by atoms with E-state index in [0.717, 1.165) is 11.1 Å². The maximum absolute atomic E-state index is 13.6. The second-order valence-corrected chi connectivity index (χ2v) is 9.31. The Morgan fingerprint density at radius 2 is 1.75 bits per heavy atom. The van der Waals surface area contributed by atoms with Gasteiger partial charge in [-0.2, -0.15) is 0 Å². The van der Waals surface area contributed by atoms with Gasteiger partial charge in [0.2, 0.25) is 0 Å². The SMILES string of the molecule is CC(C)c1cc(F)ccc1NC(=S)NC(=O)NCc1ccc(-c2ncn(-c3ccc(OC(F)(F)F)cc3)n2)cc1. The largest absolute Gasteiger partial charge is 0.573 e. The lowest BCUT2D eigenvalue weighted by atomic mass is 10.0. The predicted octanol–water partition coefficient (Wildman–Crippen LogP) is 6.29. The molecule has 4 aromatic rings. The van der Waals surface area contributed by atoms with Gasteiger partial charge in [-0.15, -0.1) is 18.3 Å². The minimum atomic E-state index is -4.76. The van der Waals surface area contributed by atoms with E-state index in [4.69, 9.17) is 12.2 Å². The molecule has 0 saturated carbocycles. The lowest BCUT2D eigenvalue weighted by Crippen LogP contribution is -2.41. The van der Waals surface area contributed by atoms with E-state index in [0.29, 0.717) is 22.8 Å². The molecule has 0 aliphatic carbocycles. The molecule has 0 aliphatic heterocycles. The molecule has 3 N–H and O–H groups in total. The van der Waals surface area contributed by atoms with Gasteiger partial charge >= 0.3 is 12.4 Å². The third-order valence-corrected chi connectivity index (χ3v) is 5.81. The number of hydrogen-bond donors (Lipinski definition) is 3. The van der Waals surface area contributed by atoms with Crippen LogP contribution in [0.2, 0.25) is 0 Å². The van der Waals surface area contributed by atoms with Gasteiger partial charge in [-0.05, 0) is 71.7 Å². The van der Waals surface area contributed by atoms with Gasteiger partial charge in [0.05, 0.1) is 5.69 Å². The van der Waals surface area contributed by atoms with E-state index in [1.165, 1.54) is 47.4 Å². The van der Waals surface area contributed by atoms with Crippen molar-refractivity contribution in [1.29, 1.82) is 0 Å². The molecule has 4 rings (SSSR count). The van der Waals surface area contributed by atoms with E-state index in [2.05, 4.69) is 30.8 Å². The lowest BCUT2D eigenvalue weighted by molar-refractivity contribution is -0.274. The molecule has 0 aliphatic rings. The molecule has 0 fully saturated rings. The van der Waals surface area contributed by atoms with Gasteiger partial charge in [0, 0.05) is 17.8 Å². The van der Waals surface area contributed by atoms with E-state index in [9.17, 15) is 22.4 Å². The number of benzene rings is 3. The van der Waals surface area contributed by atoms with Crippen molar-refractivity contribution in [1.82, 2.24) is 25.4 Å². The van der Waals surface area contributed by atoms with Crippen LogP contribution < -0.4 is 20.7 Å². The van der Waals surface area contributed by atoms with E-state index in [1.807, 2.05) is 13.8 Å². The number of thiocarbonyl (C=S) groups is 1. The molecule has 0 atom stereocenters. The lowest BCUT2D eigenvalue weighted by Gasteiger charge is -2.16. The Hall–Kier alpha value is -4.52. The van der Waals surface area contributed by atoms with Crippen LogP contribution in [0.15, 0.2) is 73.1 Å². The molecule has 0 bridgehead atoms. The Kier molecular flexibility index (Phi) is 8.63. The van der Waals surface area contributed by atoms with Gasteiger partial charge in [-0.25, -0.2) is 18.9 Å². The number of alkyl halides is 3. The summed E-state index contributed by atoms with van der Waals surface area (Å²) in [6.07, 6.45) is -3.32. The molecule has 0 radical (unpaired) electrons. The highest BCUT2D eigenvalue weighted by atomic mass is 32.1. The number of nitrogens with one attached hydrogen (secondary N) is 3. The first-order valence-corrected chi connectivity index (χ1v) is 12.4. The molecule has 40 heavy (non-hydrogen) atoms. The van der Waals surface area contributed by atoms with Crippen molar-refractivity contribution in [3.63, 3.8) is 0 Å². The summed E-state index contributed by atoms with van der Waals surface area (Å²) in [5.74, 6) is -0.226. The second-order valence-electron chi connectivity index (χ2n) is 8.90. The van der Waals surface area contributed by atoms with E-state index < -0.39 is 12.4 Å². The van der Waals surface area contributed by atoms with Crippen LogP contribution in [0.5, 0.6) is 5.75 Å². The van der Waals surface area contributed by atoms with Crippen LogP contribution in [-0.4, -0.2) is 32.3 Å². The first-order chi connectivity index (χ1) is 19.0. The molecule has 13 heteroatoms. The Labute approximate surface area is 232 Å². The number of carbonyl (C=O) groups excluding carboxylic acids is 1. The minimum absolute atomic E-state index is 0.0510. The summed E-state index contributed by atoms with van der Waals surface area (Å²) >= 11 is 5.21. The average molecular weight is 573 g/mol. The number of aromatic nitrogens is 3. The van der Waals surface area contributed by atoms with Crippen LogP contribution in [0, 0.1) is 5.82 Å². The summed E-state index contributed by atoms with van der Waals surface area (Å²) in [6.45, 7) is 4.07. The number of urea groups is 1. The van der Waals surface area contributed by atoms with Crippen LogP contribution in [0.4, 0.5) is 28.0 Å². The molecule has 0 unspecified atom stereocenters. The highest BCUT2D eigenvalue weighted by Gasteiger charge is 2.31. The quantitative estimate of drug-likeness (QED) is 0.178. The topological polar surface area (TPSA) is 93.1 Å². The molecule has 3 aromatic carbocycles. The van der Waals surface area contributed by atoms with Gasteiger partial charge in [0.1, 0.15) is 17.9 Å². The van der Waals surface area contributed by atoms with Crippen LogP contribution >= 0.6 is 12.2 Å². The van der Waals surface area contributed by atoms with Gasteiger partial charge in [0.15, 0.2) is 10.9 Å². The predicted molar refractivity (Wildman–Crippen MR) is 146 cm³/mol. The van der Waals surface area contributed by atoms with Crippen molar-refractivity contribution in [2.45, 2.75) is 32.7 Å². The molecule has 0 spiro atoms. The van der Waals surface area contributed by atoms with Crippen LogP contribution in [0.25, 0.3) is 17.1 Å². The molecular formula is C27H24F4N6O2S. The van der Waals surface area contributed by atoms with Gasteiger partial charge in [-0.1, -0.05) is 38.1 Å². The normalized spacial score (nSPS) is 11.3.